The third kappa shape index (κ3) is 5.73. The second-order valence-electron chi connectivity index (χ2n) is 7.70. The lowest BCUT2D eigenvalue weighted by Crippen LogP contribution is -2.20. The summed E-state index contributed by atoms with van der Waals surface area (Å²) in [5.41, 5.74) is 2.47. The fraction of sp³-hybridized carbons (Fsp3) is 0.500. The Labute approximate surface area is 167 Å². The molecule has 2 aliphatic heterocycles. The maximum Gasteiger partial charge on any atom is 0.123 e. The Hall–Kier alpha value is -2.04. The molecule has 0 N–H and O–H groups in total. The average molecular weight is 383 g/mol. The minimum Gasteiger partial charge on any atom is -0.493 e. The minimum atomic E-state index is 0.158. The van der Waals surface area contributed by atoms with Crippen molar-refractivity contribution in [3.05, 3.63) is 59.7 Å². The van der Waals surface area contributed by atoms with Crippen molar-refractivity contribution in [1.82, 2.24) is 0 Å². The van der Waals surface area contributed by atoms with E-state index in [-0.39, 0.29) is 6.10 Å². The van der Waals surface area contributed by atoms with E-state index in [0.717, 1.165) is 56.8 Å². The van der Waals surface area contributed by atoms with E-state index in [4.69, 9.17) is 18.9 Å². The van der Waals surface area contributed by atoms with Crippen molar-refractivity contribution in [2.24, 2.45) is 0 Å². The molecule has 2 fully saturated rings. The van der Waals surface area contributed by atoms with Gasteiger partial charge in [0.2, 0.25) is 0 Å². The summed E-state index contributed by atoms with van der Waals surface area (Å²) in [4.78, 5) is 0. The van der Waals surface area contributed by atoms with Crippen LogP contribution >= 0.6 is 0 Å². The highest BCUT2D eigenvalue weighted by atomic mass is 16.6. The molecule has 0 spiro atoms. The van der Waals surface area contributed by atoms with Crippen molar-refractivity contribution in [1.29, 1.82) is 0 Å². The molecule has 0 amide bonds. The van der Waals surface area contributed by atoms with Crippen molar-refractivity contribution in [3.8, 4) is 11.5 Å². The van der Waals surface area contributed by atoms with Crippen LogP contribution in [0.4, 0.5) is 0 Å². The first-order valence-electron chi connectivity index (χ1n) is 10.5. The van der Waals surface area contributed by atoms with Crippen LogP contribution in [0.2, 0.25) is 0 Å². The third-order valence-electron chi connectivity index (χ3n) is 5.25. The van der Waals surface area contributed by atoms with Crippen LogP contribution in [0.15, 0.2) is 48.5 Å². The molecular weight excluding hydrogens is 352 g/mol. The third-order valence-corrected chi connectivity index (χ3v) is 5.25. The fourth-order valence-corrected chi connectivity index (χ4v) is 3.53. The first-order chi connectivity index (χ1) is 13.8. The second kappa shape index (κ2) is 9.44. The van der Waals surface area contributed by atoms with Gasteiger partial charge in [0, 0.05) is 19.3 Å². The number of hydrogen-bond donors (Lipinski definition) is 0. The molecule has 3 atom stereocenters. The van der Waals surface area contributed by atoms with Crippen LogP contribution in [-0.2, 0) is 22.3 Å². The molecule has 0 aromatic heterocycles. The molecule has 2 aromatic carbocycles. The van der Waals surface area contributed by atoms with Gasteiger partial charge in [-0.1, -0.05) is 49.7 Å². The molecule has 0 saturated carbocycles. The van der Waals surface area contributed by atoms with Crippen LogP contribution in [0.1, 0.15) is 37.3 Å². The van der Waals surface area contributed by atoms with Gasteiger partial charge < -0.3 is 18.9 Å². The Kier molecular flexibility index (Phi) is 6.50. The summed E-state index contributed by atoms with van der Waals surface area (Å²) in [6, 6.07) is 16.6. The van der Waals surface area contributed by atoms with Gasteiger partial charge in [-0.2, -0.15) is 0 Å². The van der Waals surface area contributed by atoms with Gasteiger partial charge >= 0.3 is 0 Å². The predicted octanol–water partition coefficient (Wildman–Crippen LogP) is 4.59. The first-order valence-corrected chi connectivity index (χ1v) is 10.5. The Bertz CT molecular complexity index is 752. The summed E-state index contributed by atoms with van der Waals surface area (Å²) in [5, 5.41) is 0. The van der Waals surface area contributed by atoms with Gasteiger partial charge in [0.05, 0.1) is 32.0 Å². The second-order valence-corrected chi connectivity index (χ2v) is 7.70. The highest BCUT2D eigenvalue weighted by Crippen LogP contribution is 2.27. The van der Waals surface area contributed by atoms with Crippen LogP contribution < -0.4 is 9.47 Å². The highest BCUT2D eigenvalue weighted by molar-refractivity contribution is 5.35. The zero-order valence-corrected chi connectivity index (χ0v) is 16.6. The summed E-state index contributed by atoms with van der Waals surface area (Å²) in [6.45, 7) is 4.59. The lowest BCUT2D eigenvalue weighted by atomic mass is 10.1. The quantitative estimate of drug-likeness (QED) is 0.504. The van der Waals surface area contributed by atoms with Crippen molar-refractivity contribution in [2.75, 3.05) is 19.8 Å². The van der Waals surface area contributed by atoms with Crippen LogP contribution in [0.25, 0.3) is 0 Å². The Morgan fingerprint density at radius 1 is 0.857 bits per heavy atom. The Balaban J connectivity index is 1.33. The lowest BCUT2D eigenvalue weighted by Gasteiger charge is -2.21. The van der Waals surface area contributed by atoms with Gasteiger partial charge in [-0.15, -0.1) is 0 Å². The molecule has 2 aromatic rings. The molecule has 3 unspecified atom stereocenters. The first kappa shape index (κ1) is 19.3. The number of benzene rings is 2. The molecule has 28 heavy (non-hydrogen) atoms. The number of hydrogen-bond acceptors (Lipinski definition) is 4. The van der Waals surface area contributed by atoms with E-state index >= 15 is 0 Å². The molecule has 150 valence electrons. The van der Waals surface area contributed by atoms with Crippen molar-refractivity contribution >= 4 is 0 Å². The van der Waals surface area contributed by atoms with Gasteiger partial charge in [-0.05, 0) is 29.7 Å². The van der Waals surface area contributed by atoms with E-state index in [1.54, 1.807) is 0 Å². The summed E-state index contributed by atoms with van der Waals surface area (Å²) in [6.07, 6.45) is 5.74. The van der Waals surface area contributed by atoms with E-state index in [2.05, 4.69) is 43.3 Å². The highest BCUT2D eigenvalue weighted by Gasteiger charge is 2.25. The van der Waals surface area contributed by atoms with Crippen LogP contribution in [0.5, 0.6) is 11.5 Å². The number of epoxide rings is 2. The molecule has 0 bridgehead atoms. The van der Waals surface area contributed by atoms with Gasteiger partial charge in [0.25, 0.3) is 0 Å². The van der Waals surface area contributed by atoms with Crippen molar-refractivity contribution in [3.63, 3.8) is 0 Å². The van der Waals surface area contributed by atoms with Gasteiger partial charge in [-0.25, -0.2) is 0 Å². The van der Waals surface area contributed by atoms with Crippen molar-refractivity contribution < 1.29 is 18.9 Å². The van der Waals surface area contributed by atoms with Gasteiger partial charge in [-0.3, -0.25) is 0 Å². The number of para-hydroxylation sites is 2. The largest absolute Gasteiger partial charge is 0.493 e. The molecule has 0 radical (unpaired) electrons. The minimum absolute atomic E-state index is 0.158. The van der Waals surface area contributed by atoms with E-state index < -0.39 is 0 Å². The lowest BCUT2D eigenvalue weighted by molar-refractivity contribution is 0.150. The van der Waals surface area contributed by atoms with E-state index in [1.165, 1.54) is 11.1 Å². The summed E-state index contributed by atoms with van der Waals surface area (Å²) in [5.74, 6) is 1.96. The van der Waals surface area contributed by atoms with Crippen LogP contribution in [0, 0.1) is 0 Å². The Morgan fingerprint density at radius 3 is 2.04 bits per heavy atom. The van der Waals surface area contributed by atoms with E-state index in [1.807, 2.05) is 12.1 Å². The summed E-state index contributed by atoms with van der Waals surface area (Å²) in [7, 11) is 0. The monoisotopic (exact) mass is 382 g/mol. The van der Waals surface area contributed by atoms with E-state index in [9.17, 15) is 0 Å². The smallest absolute Gasteiger partial charge is 0.123 e. The molecular formula is C24H30O4. The molecule has 2 saturated heterocycles. The average Bonchev–Trinajstić information content (AvgIpc) is 3.62. The maximum atomic E-state index is 6.40. The molecule has 4 nitrogen and oxygen atoms in total. The number of ether oxygens (including phenoxy) is 4. The SMILES string of the molecule is CCCC(CCOc1ccccc1CC1CO1)Oc1ccccc1CC1CO1. The summed E-state index contributed by atoms with van der Waals surface area (Å²) >= 11 is 0. The standard InChI is InChI=1S/C24H30O4/c1-2-7-20(28-24-11-6-4-9-19(24)15-22-17-27-22)12-13-25-23-10-5-3-8-18(23)14-21-16-26-21/h3-6,8-11,20-22H,2,7,12-17H2,1H3. The molecule has 4 rings (SSSR count). The topological polar surface area (TPSA) is 43.5 Å². The van der Waals surface area contributed by atoms with Gasteiger partial charge in [0.1, 0.15) is 17.6 Å². The van der Waals surface area contributed by atoms with Crippen LogP contribution in [0.3, 0.4) is 0 Å². The van der Waals surface area contributed by atoms with E-state index in [0.29, 0.717) is 18.8 Å². The molecule has 4 heteroatoms. The molecule has 2 heterocycles. The zero-order valence-electron chi connectivity index (χ0n) is 16.6. The molecule has 0 aliphatic carbocycles. The van der Waals surface area contributed by atoms with Crippen LogP contribution in [-0.4, -0.2) is 38.1 Å². The normalized spacial score (nSPS) is 21.2. The van der Waals surface area contributed by atoms with Gasteiger partial charge in [0.15, 0.2) is 0 Å². The molecule has 2 aliphatic rings. The fourth-order valence-electron chi connectivity index (χ4n) is 3.53. The maximum absolute atomic E-state index is 6.40. The number of rotatable bonds is 12. The predicted molar refractivity (Wildman–Crippen MR) is 109 cm³/mol. The van der Waals surface area contributed by atoms with Crippen molar-refractivity contribution in [2.45, 2.75) is 57.3 Å². The zero-order chi connectivity index (χ0) is 19.2. The Morgan fingerprint density at radius 2 is 1.43 bits per heavy atom. The summed E-state index contributed by atoms with van der Waals surface area (Å²) < 4.78 is 23.3.